The normalized spacial score (nSPS) is 12.7. The molecule has 4 N–H and O–H groups in total. The molecule has 0 aliphatic carbocycles. The maximum atomic E-state index is 11.5. The van der Waals surface area contributed by atoms with Crippen molar-refractivity contribution in [3.63, 3.8) is 0 Å². The number of aromatic nitrogens is 4. The molecule has 5 heterocycles. The second-order valence-electron chi connectivity index (χ2n) is 10.7. The Kier molecular flexibility index (Phi) is 9.64. The Bertz CT molecular complexity index is 1940. The van der Waals surface area contributed by atoms with E-state index in [4.69, 9.17) is 9.97 Å². The molecule has 43 heavy (non-hydrogen) atoms. The molecule has 0 spiro atoms. The molecule has 0 atom stereocenters. The number of fused-ring (bicyclic) bond motifs is 8. The molecule has 3 aromatic rings. The predicted molar refractivity (Wildman–Crippen MR) is 177 cm³/mol. The fourth-order valence-corrected chi connectivity index (χ4v) is 5.77. The van der Waals surface area contributed by atoms with Gasteiger partial charge in [-0.05, 0) is 98.2 Å². The van der Waals surface area contributed by atoms with E-state index in [-0.39, 0.29) is 53.4 Å². The van der Waals surface area contributed by atoms with E-state index in [9.17, 15) is 19.8 Å². The van der Waals surface area contributed by atoms with Crippen LogP contribution >= 0.6 is 0 Å². The molecule has 0 radical (unpaired) electrons. The van der Waals surface area contributed by atoms with Crippen LogP contribution in [0.25, 0.3) is 56.5 Å². The van der Waals surface area contributed by atoms with Gasteiger partial charge in [0.1, 0.15) is 0 Å². The molecule has 5 rings (SSSR count). The number of aliphatic carboxylic acids is 2. The van der Waals surface area contributed by atoms with Gasteiger partial charge in [0.15, 0.2) is 0 Å². The number of allylic oxidation sites excluding steroid dienone is 4. The van der Waals surface area contributed by atoms with Crippen LogP contribution in [0.1, 0.15) is 87.4 Å². The summed E-state index contributed by atoms with van der Waals surface area (Å²) in [5, 5.41) is 18.9. The molecule has 2 aliphatic rings. The summed E-state index contributed by atoms with van der Waals surface area (Å²) in [5.41, 5.74) is 13.7. The SMILES string of the molecule is C=Cc1c(C)c2cc3[nH]c(cc4nc(cc5nc(cc1[nH]2)C(C)=C5CCC(=O)O)C(CCC(=O)O)=C4C)c(C)c3C=C.[Ca+2].[H-].[H-]. The summed E-state index contributed by atoms with van der Waals surface area (Å²) < 4.78 is 0. The molecular formula is C34H36CaN4O4. The minimum absolute atomic E-state index is 0. The fourth-order valence-electron chi connectivity index (χ4n) is 5.77. The van der Waals surface area contributed by atoms with Gasteiger partial charge < -0.3 is 23.0 Å². The molecule has 3 aromatic heterocycles. The number of carboxylic acid groups (broad SMARTS) is 2. The first-order chi connectivity index (χ1) is 20.0. The van der Waals surface area contributed by atoms with Gasteiger partial charge in [0, 0.05) is 46.0 Å². The number of carbonyl (C=O) groups is 2. The molecule has 0 amide bonds. The Hall–Kier alpha value is -3.72. The zero-order valence-electron chi connectivity index (χ0n) is 27.0. The van der Waals surface area contributed by atoms with Gasteiger partial charge in [0.05, 0.1) is 22.8 Å². The Balaban J connectivity index is 0.00000235. The number of H-pyrrole nitrogens is 2. The van der Waals surface area contributed by atoms with E-state index in [0.717, 1.165) is 78.0 Å². The molecule has 0 unspecified atom stereocenters. The summed E-state index contributed by atoms with van der Waals surface area (Å²) in [5.74, 6) is -1.78. The summed E-state index contributed by atoms with van der Waals surface area (Å²) in [6, 6.07) is 7.88. The number of nitrogens with one attached hydrogen (secondary N) is 2. The smallest absolute Gasteiger partial charge is 1.00 e. The van der Waals surface area contributed by atoms with E-state index >= 15 is 0 Å². The number of rotatable bonds is 8. The quantitative estimate of drug-likeness (QED) is 0.195. The number of hydrogen-bond acceptors (Lipinski definition) is 4. The first-order valence-electron chi connectivity index (χ1n) is 13.9. The topological polar surface area (TPSA) is 132 Å². The van der Waals surface area contributed by atoms with Crippen LogP contribution in [0.2, 0.25) is 0 Å². The molecular weight excluding hydrogens is 568 g/mol. The molecule has 8 bridgehead atoms. The van der Waals surface area contributed by atoms with Crippen LogP contribution < -0.4 is 0 Å². The number of aromatic amines is 2. The Labute approximate surface area is 283 Å². The van der Waals surface area contributed by atoms with E-state index < -0.39 is 11.9 Å². The molecule has 0 aromatic carbocycles. The predicted octanol–water partition coefficient (Wildman–Crippen LogP) is 7.65. The molecule has 0 fully saturated rings. The van der Waals surface area contributed by atoms with E-state index in [2.05, 4.69) is 29.2 Å². The van der Waals surface area contributed by atoms with Crippen LogP contribution in [-0.2, 0) is 9.59 Å². The molecule has 9 heteroatoms. The molecule has 0 saturated carbocycles. The summed E-state index contributed by atoms with van der Waals surface area (Å²) in [6.07, 6.45) is 4.20. The van der Waals surface area contributed by atoms with Crippen LogP contribution in [0, 0.1) is 13.8 Å². The average Bonchev–Trinajstić information content (AvgIpc) is 3.59. The van der Waals surface area contributed by atoms with E-state index in [0.29, 0.717) is 24.2 Å². The van der Waals surface area contributed by atoms with Crippen LogP contribution in [0.15, 0.2) is 37.4 Å². The second kappa shape index (κ2) is 12.9. The van der Waals surface area contributed by atoms with Crippen molar-refractivity contribution in [1.29, 1.82) is 0 Å². The Morgan fingerprint density at radius 3 is 1.51 bits per heavy atom. The summed E-state index contributed by atoms with van der Waals surface area (Å²) in [7, 11) is 0. The monoisotopic (exact) mass is 604 g/mol. The summed E-state index contributed by atoms with van der Waals surface area (Å²) >= 11 is 0. The van der Waals surface area contributed by atoms with Crippen molar-refractivity contribution in [1.82, 2.24) is 19.9 Å². The molecule has 0 saturated heterocycles. The average molecular weight is 605 g/mol. The van der Waals surface area contributed by atoms with Crippen molar-refractivity contribution in [2.75, 3.05) is 0 Å². The summed E-state index contributed by atoms with van der Waals surface area (Å²) in [6.45, 7) is 16.1. The van der Waals surface area contributed by atoms with Crippen molar-refractivity contribution in [3.8, 4) is 0 Å². The van der Waals surface area contributed by atoms with Crippen molar-refractivity contribution in [3.05, 3.63) is 82.5 Å². The molecule has 8 nitrogen and oxygen atoms in total. The first-order valence-corrected chi connectivity index (χ1v) is 13.9. The van der Waals surface area contributed by atoms with Crippen molar-refractivity contribution in [2.45, 2.75) is 53.4 Å². The Morgan fingerprint density at radius 2 is 1.09 bits per heavy atom. The van der Waals surface area contributed by atoms with Crippen LogP contribution in [0.4, 0.5) is 0 Å². The van der Waals surface area contributed by atoms with Crippen molar-refractivity contribution in [2.24, 2.45) is 0 Å². The third kappa shape index (κ3) is 6.18. The maximum Gasteiger partial charge on any atom is 2.00 e. The van der Waals surface area contributed by atoms with Crippen LogP contribution in [0.3, 0.4) is 0 Å². The first kappa shape index (κ1) is 32.2. The number of carboxylic acids is 2. The third-order valence-electron chi connectivity index (χ3n) is 8.22. The minimum Gasteiger partial charge on any atom is -1.00 e. The number of nitrogens with zero attached hydrogens (tertiary/aromatic N) is 2. The zero-order chi connectivity index (χ0) is 30.3. The fraction of sp³-hybridized carbons (Fsp3) is 0.235. The van der Waals surface area contributed by atoms with Crippen LogP contribution in [-0.4, -0.2) is 79.8 Å². The third-order valence-corrected chi connectivity index (χ3v) is 8.22. The van der Waals surface area contributed by atoms with E-state index in [1.54, 1.807) is 0 Å². The summed E-state index contributed by atoms with van der Waals surface area (Å²) in [4.78, 5) is 40.0. The number of hydrogen-bond donors (Lipinski definition) is 4. The largest absolute Gasteiger partial charge is 2.00 e. The second-order valence-corrected chi connectivity index (χ2v) is 10.7. The minimum atomic E-state index is -0.889. The van der Waals surface area contributed by atoms with E-state index in [1.165, 1.54) is 0 Å². The van der Waals surface area contributed by atoms with Gasteiger partial charge in [-0.3, -0.25) is 9.59 Å². The molecule has 218 valence electrons. The van der Waals surface area contributed by atoms with Gasteiger partial charge in [-0.15, -0.1) is 0 Å². The van der Waals surface area contributed by atoms with Crippen LogP contribution in [0.5, 0.6) is 0 Å². The van der Waals surface area contributed by atoms with Gasteiger partial charge in [0.2, 0.25) is 0 Å². The van der Waals surface area contributed by atoms with Gasteiger partial charge in [0.25, 0.3) is 0 Å². The van der Waals surface area contributed by atoms with E-state index in [1.807, 2.05) is 58.0 Å². The maximum absolute atomic E-state index is 11.5. The van der Waals surface area contributed by atoms with Crippen molar-refractivity contribution >= 4 is 106 Å². The zero-order valence-corrected chi connectivity index (χ0v) is 27.2. The molecule has 2 aliphatic heterocycles. The number of aryl methyl sites for hydroxylation is 2. The van der Waals surface area contributed by atoms with Gasteiger partial charge in [-0.2, -0.15) is 0 Å². The standard InChI is InChI=1S/C34H34N4O4.Ca.2H/c1-7-21-17(3)25-13-26-19(5)23(9-11-33(39)40)31(37-26)16-32-24(10-12-34(41)42)20(6)28(38-32)15-30-22(8-2)18(4)27(36-30)14-29(21)35-25;;;/h7-8,13-16,35-36H,1-2,9-12H2,3-6H3,(H,39,40)(H,41,42);;;/q;+2;2*-1. The Morgan fingerprint density at radius 1 is 0.698 bits per heavy atom. The van der Waals surface area contributed by atoms with Gasteiger partial charge in [-0.1, -0.05) is 25.3 Å². The van der Waals surface area contributed by atoms with Gasteiger partial charge in [-0.25, -0.2) is 9.97 Å². The van der Waals surface area contributed by atoms with Crippen molar-refractivity contribution < 1.29 is 22.7 Å². The van der Waals surface area contributed by atoms with Gasteiger partial charge >= 0.3 is 49.7 Å².